The van der Waals surface area contributed by atoms with E-state index in [4.69, 9.17) is 11.6 Å². The number of nitrogens with zero attached hydrogens (tertiary/aromatic N) is 1. The largest absolute Gasteiger partial charge is 0.338 e. The number of hydrogen-bond acceptors (Lipinski definition) is 2. The lowest BCUT2D eigenvalue weighted by atomic mass is 10.1. The zero-order valence-electron chi connectivity index (χ0n) is 9.45. The SMILES string of the molecule is CN(C(=O)c1cccc(Br)c1Cl)C1CCSC1. The molecule has 0 radical (unpaired) electrons. The van der Waals surface area contributed by atoms with E-state index < -0.39 is 0 Å². The first-order chi connectivity index (χ1) is 8.11. The molecule has 1 heterocycles. The second kappa shape index (κ2) is 5.63. The quantitative estimate of drug-likeness (QED) is 0.822. The van der Waals surface area contributed by atoms with Gasteiger partial charge in [-0.1, -0.05) is 17.7 Å². The summed E-state index contributed by atoms with van der Waals surface area (Å²) in [4.78, 5) is 14.1. The molecule has 5 heteroatoms. The summed E-state index contributed by atoms with van der Waals surface area (Å²) in [6.07, 6.45) is 1.07. The van der Waals surface area contributed by atoms with E-state index in [-0.39, 0.29) is 5.91 Å². The number of amides is 1. The molecule has 1 aliphatic rings. The zero-order valence-corrected chi connectivity index (χ0v) is 12.6. The highest BCUT2D eigenvalue weighted by atomic mass is 79.9. The van der Waals surface area contributed by atoms with Crippen LogP contribution in [0, 0.1) is 0 Å². The van der Waals surface area contributed by atoms with Gasteiger partial charge in [-0.2, -0.15) is 11.8 Å². The smallest absolute Gasteiger partial charge is 0.255 e. The number of carbonyl (C=O) groups is 1. The Balaban J connectivity index is 2.21. The maximum Gasteiger partial charge on any atom is 0.255 e. The maximum absolute atomic E-state index is 12.3. The van der Waals surface area contributed by atoms with Gasteiger partial charge in [0.2, 0.25) is 0 Å². The highest BCUT2D eigenvalue weighted by Gasteiger charge is 2.26. The molecule has 1 unspecified atom stereocenters. The average molecular weight is 335 g/mol. The summed E-state index contributed by atoms with van der Waals surface area (Å²) in [6, 6.07) is 5.78. The van der Waals surface area contributed by atoms with E-state index >= 15 is 0 Å². The van der Waals surface area contributed by atoms with Crippen molar-refractivity contribution < 1.29 is 4.79 Å². The summed E-state index contributed by atoms with van der Waals surface area (Å²) in [5.41, 5.74) is 0.570. The van der Waals surface area contributed by atoms with Crippen LogP contribution in [0.1, 0.15) is 16.8 Å². The van der Waals surface area contributed by atoms with E-state index in [1.807, 2.05) is 35.8 Å². The number of benzene rings is 1. The lowest BCUT2D eigenvalue weighted by Gasteiger charge is -2.24. The summed E-state index contributed by atoms with van der Waals surface area (Å²) in [5, 5.41) is 0.495. The third-order valence-electron chi connectivity index (χ3n) is 2.96. The van der Waals surface area contributed by atoms with Crippen molar-refractivity contribution in [3.63, 3.8) is 0 Å². The average Bonchev–Trinajstić information content (AvgIpc) is 2.84. The van der Waals surface area contributed by atoms with Crippen molar-refractivity contribution in [1.82, 2.24) is 4.90 Å². The van der Waals surface area contributed by atoms with E-state index in [1.165, 1.54) is 0 Å². The predicted octanol–water partition coefficient (Wildman–Crippen LogP) is 3.68. The Labute approximate surface area is 119 Å². The molecule has 1 aromatic carbocycles. The van der Waals surface area contributed by atoms with Gasteiger partial charge in [0.1, 0.15) is 0 Å². The fourth-order valence-corrected chi connectivity index (χ4v) is 3.69. The highest BCUT2D eigenvalue weighted by Crippen LogP contribution is 2.28. The van der Waals surface area contributed by atoms with Gasteiger partial charge in [0.25, 0.3) is 5.91 Å². The van der Waals surface area contributed by atoms with E-state index in [0.29, 0.717) is 16.6 Å². The third-order valence-corrected chi connectivity index (χ3v) is 5.40. The van der Waals surface area contributed by atoms with Crippen LogP contribution in [0.5, 0.6) is 0 Å². The second-order valence-electron chi connectivity index (χ2n) is 4.03. The molecular weight excluding hydrogens is 322 g/mol. The minimum Gasteiger partial charge on any atom is -0.338 e. The van der Waals surface area contributed by atoms with Crippen LogP contribution in [-0.2, 0) is 0 Å². The van der Waals surface area contributed by atoms with E-state index in [1.54, 1.807) is 6.07 Å². The van der Waals surface area contributed by atoms with Crippen LogP contribution >= 0.6 is 39.3 Å². The number of halogens is 2. The summed E-state index contributed by atoms with van der Waals surface area (Å²) in [7, 11) is 1.86. The maximum atomic E-state index is 12.3. The molecule has 1 amide bonds. The molecule has 0 spiro atoms. The van der Waals surface area contributed by atoms with Gasteiger partial charge in [-0.05, 0) is 40.2 Å². The first kappa shape index (κ1) is 13.2. The number of carbonyl (C=O) groups excluding carboxylic acids is 1. The van der Waals surface area contributed by atoms with Crippen LogP contribution in [0.2, 0.25) is 5.02 Å². The van der Waals surface area contributed by atoms with Gasteiger partial charge in [0, 0.05) is 23.3 Å². The lowest BCUT2D eigenvalue weighted by Crippen LogP contribution is -2.37. The van der Waals surface area contributed by atoms with Crippen LogP contribution in [0.25, 0.3) is 0 Å². The Hall–Kier alpha value is -0.190. The van der Waals surface area contributed by atoms with Crippen molar-refractivity contribution >= 4 is 45.2 Å². The van der Waals surface area contributed by atoms with Crippen molar-refractivity contribution in [1.29, 1.82) is 0 Å². The van der Waals surface area contributed by atoms with Crippen LogP contribution in [0.3, 0.4) is 0 Å². The van der Waals surface area contributed by atoms with Gasteiger partial charge < -0.3 is 4.90 Å². The van der Waals surface area contributed by atoms with Crippen molar-refractivity contribution in [2.24, 2.45) is 0 Å². The first-order valence-electron chi connectivity index (χ1n) is 5.40. The molecule has 0 aliphatic carbocycles. The van der Waals surface area contributed by atoms with Crippen LogP contribution in [0.15, 0.2) is 22.7 Å². The van der Waals surface area contributed by atoms with Crippen molar-refractivity contribution in [3.8, 4) is 0 Å². The van der Waals surface area contributed by atoms with Crippen molar-refractivity contribution in [3.05, 3.63) is 33.3 Å². The molecule has 0 bridgehead atoms. The van der Waals surface area contributed by atoms with Gasteiger partial charge >= 0.3 is 0 Å². The van der Waals surface area contributed by atoms with Crippen molar-refractivity contribution in [2.75, 3.05) is 18.6 Å². The Morgan fingerprint density at radius 2 is 2.35 bits per heavy atom. The Bertz CT molecular complexity index is 435. The Morgan fingerprint density at radius 1 is 1.59 bits per heavy atom. The number of hydrogen-bond donors (Lipinski definition) is 0. The van der Waals surface area contributed by atoms with Crippen LogP contribution in [-0.4, -0.2) is 35.4 Å². The topological polar surface area (TPSA) is 20.3 Å². The number of thioether (sulfide) groups is 1. The van der Waals surface area contributed by atoms with Crippen molar-refractivity contribution in [2.45, 2.75) is 12.5 Å². The monoisotopic (exact) mass is 333 g/mol. The first-order valence-corrected chi connectivity index (χ1v) is 7.72. The third kappa shape index (κ3) is 2.80. The summed E-state index contributed by atoms with van der Waals surface area (Å²) < 4.78 is 0.763. The lowest BCUT2D eigenvalue weighted by molar-refractivity contribution is 0.0748. The summed E-state index contributed by atoms with van der Waals surface area (Å²) in [6.45, 7) is 0. The predicted molar refractivity (Wildman–Crippen MR) is 77.0 cm³/mol. The van der Waals surface area contributed by atoms with Crippen LogP contribution in [0.4, 0.5) is 0 Å². The highest BCUT2D eigenvalue weighted by molar-refractivity contribution is 9.10. The second-order valence-corrected chi connectivity index (χ2v) is 6.42. The Kier molecular flexibility index (Phi) is 4.39. The van der Waals surface area contributed by atoms with Crippen LogP contribution < -0.4 is 0 Å². The molecule has 0 N–H and O–H groups in total. The van der Waals surface area contributed by atoms with Gasteiger partial charge in [-0.25, -0.2) is 0 Å². The Morgan fingerprint density at radius 3 is 3.00 bits per heavy atom. The molecule has 0 aromatic heterocycles. The standard InChI is InChI=1S/C12H13BrClNOS/c1-15(8-5-6-17-7-8)12(16)9-3-2-4-10(13)11(9)14/h2-4,8H,5-7H2,1H3. The summed E-state index contributed by atoms with van der Waals surface area (Å²) >= 11 is 11.4. The molecule has 17 heavy (non-hydrogen) atoms. The molecule has 1 fully saturated rings. The number of rotatable bonds is 2. The van der Waals surface area contributed by atoms with E-state index in [2.05, 4.69) is 15.9 Å². The fourth-order valence-electron chi connectivity index (χ4n) is 1.85. The minimum atomic E-state index is 0.00352. The van der Waals surface area contributed by atoms with Gasteiger partial charge in [0.05, 0.1) is 10.6 Å². The van der Waals surface area contributed by atoms with Gasteiger partial charge in [-0.15, -0.1) is 0 Å². The zero-order chi connectivity index (χ0) is 12.4. The molecular formula is C12H13BrClNOS. The normalized spacial score (nSPS) is 19.4. The molecule has 2 rings (SSSR count). The minimum absolute atomic E-state index is 0.00352. The van der Waals surface area contributed by atoms with E-state index in [0.717, 1.165) is 22.4 Å². The fraction of sp³-hybridized carbons (Fsp3) is 0.417. The molecule has 1 aromatic rings. The molecule has 0 saturated carbocycles. The molecule has 1 saturated heterocycles. The molecule has 2 nitrogen and oxygen atoms in total. The molecule has 1 aliphatic heterocycles. The van der Waals surface area contributed by atoms with Gasteiger partial charge in [-0.3, -0.25) is 4.79 Å². The van der Waals surface area contributed by atoms with E-state index in [9.17, 15) is 4.79 Å². The molecule has 92 valence electrons. The molecule has 1 atom stereocenters. The van der Waals surface area contributed by atoms with Gasteiger partial charge in [0.15, 0.2) is 0 Å². The summed E-state index contributed by atoms with van der Waals surface area (Å²) in [5.74, 6) is 2.16.